The van der Waals surface area contributed by atoms with Crippen LogP contribution >= 0.6 is 0 Å². The van der Waals surface area contributed by atoms with Crippen molar-refractivity contribution in [2.45, 2.75) is 19.3 Å². The summed E-state index contributed by atoms with van der Waals surface area (Å²) in [6.45, 7) is 0.149. The zero-order valence-electron chi connectivity index (χ0n) is 14.3. The number of unbranched alkanes of at least 4 members (excludes halogenated alkanes) is 1. The molecule has 0 saturated carbocycles. The normalized spacial score (nSPS) is 17.2. The number of hydrogen-bond acceptors (Lipinski definition) is 6. The number of carbonyl (C=O) groups excluding carboxylic acids is 2. The van der Waals surface area contributed by atoms with Gasteiger partial charge >= 0.3 is 6.04 Å². The summed E-state index contributed by atoms with van der Waals surface area (Å²) in [4.78, 5) is 35.8. The molecule has 141 valence electrons. The highest BCUT2D eigenvalue weighted by atomic mass is 32.2. The minimum atomic E-state index is -3.56. The second-order valence-electron chi connectivity index (χ2n) is 6.23. The molecule has 0 aromatic heterocycles. The van der Waals surface area contributed by atoms with Gasteiger partial charge in [-0.1, -0.05) is 18.2 Å². The molecule has 0 fully saturated rings. The van der Waals surface area contributed by atoms with E-state index in [2.05, 4.69) is 0 Å². The van der Waals surface area contributed by atoms with Gasteiger partial charge in [0.1, 0.15) is 0 Å². The second kappa shape index (κ2) is 7.43. The number of imide groups is 1. The first-order valence-electron chi connectivity index (χ1n) is 8.38. The SMILES string of the molecule is O=C1c2ccccc2C(=O)N1CCCCS(=O)(=O)C1=CC[C]([N+](=O)[O-])C=C1. The van der Waals surface area contributed by atoms with Crippen LogP contribution in [0.4, 0.5) is 0 Å². The van der Waals surface area contributed by atoms with Gasteiger partial charge in [0.05, 0.1) is 21.8 Å². The van der Waals surface area contributed by atoms with Crippen LogP contribution in [0.2, 0.25) is 0 Å². The van der Waals surface area contributed by atoms with Crippen molar-refractivity contribution in [3.05, 3.63) is 74.7 Å². The lowest BCUT2D eigenvalue weighted by atomic mass is 10.1. The van der Waals surface area contributed by atoms with Gasteiger partial charge in [0.2, 0.25) is 0 Å². The summed E-state index contributed by atoms with van der Waals surface area (Å²) in [6.07, 6.45) is 4.36. The predicted molar refractivity (Wildman–Crippen MR) is 96.9 cm³/mol. The van der Waals surface area contributed by atoms with Crippen molar-refractivity contribution in [3.8, 4) is 0 Å². The smallest absolute Gasteiger partial charge is 0.274 e. The van der Waals surface area contributed by atoms with E-state index in [1.165, 1.54) is 18.2 Å². The molecule has 9 heteroatoms. The van der Waals surface area contributed by atoms with Gasteiger partial charge in [-0.3, -0.25) is 24.6 Å². The van der Waals surface area contributed by atoms with E-state index < -0.39 is 14.8 Å². The van der Waals surface area contributed by atoms with E-state index in [0.29, 0.717) is 17.5 Å². The Morgan fingerprint density at radius 3 is 2.19 bits per heavy atom. The second-order valence-corrected chi connectivity index (χ2v) is 8.34. The van der Waals surface area contributed by atoms with Crippen LogP contribution in [0.1, 0.15) is 40.0 Å². The van der Waals surface area contributed by atoms with Crippen molar-refractivity contribution in [1.82, 2.24) is 4.90 Å². The van der Waals surface area contributed by atoms with E-state index in [1.54, 1.807) is 24.3 Å². The van der Waals surface area contributed by atoms with Crippen LogP contribution in [0.3, 0.4) is 0 Å². The fourth-order valence-electron chi connectivity index (χ4n) is 3.01. The molecular weight excluding hydrogens is 372 g/mol. The van der Waals surface area contributed by atoms with Crippen LogP contribution in [-0.4, -0.2) is 42.4 Å². The lowest BCUT2D eigenvalue weighted by Crippen LogP contribution is -2.31. The van der Waals surface area contributed by atoms with E-state index in [0.717, 1.165) is 4.90 Å². The largest absolute Gasteiger partial charge is 0.316 e. The average molecular weight is 389 g/mol. The predicted octanol–water partition coefficient (Wildman–Crippen LogP) is 2.13. The topological polar surface area (TPSA) is 115 Å². The van der Waals surface area contributed by atoms with Crippen molar-refractivity contribution in [1.29, 1.82) is 0 Å². The summed E-state index contributed by atoms with van der Waals surface area (Å²) in [5.74, 6) is -0.876. The lowest BCUT2D eigenvalue weighted by molar-refractivity contribution is -0.457. The van der Waals surface area contributed by atoms with Gasteiger partial charge in [0.15, 0.2) is 9.84 Å². The van der Waals surface area contributed by atoms with Crippen molar-refractivity contribution in [3.63, 3.8) is 0 Å². The fraction of sp³-hybridized carbons (Fsp3) is 0.278. The van der Waals surface area contributed by atoms with E-state index >= 15 is 0 Å². The molecule has 3 rings (SSSR count). The highest BCUT2D eigenvalue weighted by molar-refractivity contribution is 7.95. The van der Waals surface area contributed by atoms with Gasteiger partial charge in [0, 0.05) is 24.0 Å². The Balaban J connectivity index is 1.52. The zero-order valence-corrected chi connectivity index (χ0v) is 15.1. The number of rotatable bonds is 7. The van der Waals surface area contributed by atoms with E-state index in [1.807, 2.05) is 0 Å². The molecule has 1 aliphatic carbocycles. The number of carbonyl (C=O) groups is 2. The zero-order chi connectivity index (χ0) is 19.6. The number of sulfone groups is 1. The standard InChI is InChI=1S/C18H17N2O6S/c21-17-15-5-1-2-6-16(15)18(22)19(17)11-3-4-12-27(25,26)14-9-7-13(8-10-14)20(23)24/h1-2,5-7,9-10H,3-4,8,11-12H2. The van der Waals surface area contributed by atoms with Gasteiger partial charge in [-0.15, -0.1) is 0 Å². The molecule has 0 saturated heterocycles. The van der Waals surface area contributed by atoms with Crippen LogP contribution in [0.5, 0.6) is 0 Å². The number of hydrogen-bond donors (Lipinski definition) is 0. The third kappa shape index (κ3) is 3.82. The van der Waals surface area contributed by atoms with Gasteiger partial charge in [-0.25, -0.2) is 8.42 Å². The Labute approximate surface area is 156 Å². The summed E-state index contributed by atoms with van der Waals surface area (Å²) in [5.41, 5.74) is 0.732. The van der Waals surface area contributed by atoms with E-state index in [9.17, 15) is 28.1 Å². The highest BCUT2D eigenvalue weighted by Gasteiger charge is 2.34. The Kier molecular flexibility index (Phi) is 5.22. The number of amides is 2. The lowest BCUT2D eigenvalue weighted by Gasteiger charge is -2.14. The Morgan fingerprint density at radius 2 is 1.67 bits per heavy atom. The average Bonchev–Trinajstić information content (AvgIpc) is 2.90. The van der Waals surface area contributed by atoms with E-state index in [4.69, 9.17) is 0 Å². The molecule has 0 unspecified atom stereocenters. The number of fused-ring (bicyclic) bond motifs is 1. The maximum Gasteiger partial charge on any atom is 0.316 e. The monoisotopic (exact) mass is 389 g/mol. The number of benzene rings is 1. The Morgan fingerprint density at radius 1 is 1.04 bits per heavy atom. The highest BCUT2D eigenvalue weighted by Crippen LogP contribution is 2.24. The van der Waals surface area contributed by atoms with Crippen LogP contribution in [0, 0.1) is 16.2 Å². The van der Waals surface area contributed by atoms with Crippen molar-refractivity contribution in [2.24, 2.45) is 0 Å². The summed E-state index contributed by atoms with van der Waals surface area (Å²) in [6, 6.07) is 6.51. The third-order valence-electron chi connectivity index (χ3n) is 4.47. The molecule has 27 heavy (non-hydrogen) atoms. The molecule has 1 aromatic carbocycles. The van der Waals surface area contributed by atoms with Crippen molar-refractivity contribution >= 4 is 21.7 Å². The number of nitro groups is 1. The summed E-state index contributed by atoms with van der Waals surface area (Å²) in [7, 11) is -3.56. The fourth-order valence-corrected chi connectivity index (χ4v) is 4.44. The quantitative estimate of drug-likeness (QED) is 0.305. The molecule has 0 bridgehead atoms. The van der Waals surface area contributed by atoms with Gasteiger partial charge in [-0.2, -0.15) is 0 Å². The van der Waals surface area contributed by atoms with Crippen LogP contribution in [-0.2, 0) is 9.84 Å². The van der Waals surface area contributed by atoms with Gasteiger partial charge < -0.3 is 0 Å². The minimum absolute atomic E-state index is 0.0346. The maximum absolute atomic E-state index is 12.3. The molecule has 2 amide bonds. The van der Waals surface area contributed by atoms with E-state index in [-0.39, 0.29) is 47.9 Å². The molecule has 8 nitrogen and oxygen atoms in total. The van der Waals surface area contributed by atoms with Crippen LogP contribution < -0.4 is 0 Å². The molecule has 1 aliphatic heterocycles. The molecule has 1 aromatic rings. The Bertz CT molecular complexity index is 929. The van der Waals surface area contributed by atoms with Crippen molar-refractivity contribution in [2.75, 3.05) is 12.3 Å². The van der Waals surface area contributed by atoms with Crippen LogP contribution in [0.25, 0.3) is 0 Å². The van der Waals surface area contributed by atoms with Gasteiger partial charge in [-0.05, 0) is 31.1 Å². The van der Waals surface area contributed by atoms with Gasteiger partial charge in [0.25, 0.3) is 11.8 Å². The van der Waals surface area contributed by atoms with Crippen LogP contribution in [0.15, 0.2) is 47.4 Å². The summed E-state index contributed by atoms with van der Waals surface area (Å²) >= 11 is 0. The summed E-state index contributed by atoms with van der Waals surface area (Å²) in [5, 5.41) is 10.7. The molecule has 1 radical (unpaired) electrons. The molecule has 0 atom stereocenters. The number of allylic oxidation sites excluding steroid dienone is 1. The first-order valence-corrected chi connectivity index (χ1v) is 10.0. The molecule has 0 spiro atoms. The molecular formula is C18H17N2O6S. The number of nitrogens with zero attached hydrogens (tertiary/aromatic N) is 2. The minimum Gasteiger partial charge on any atom is -0.274 e. The van der Waals surface area contributed by atoms with Crippen molar-refractivity contribution < 1.29 is 22.9 Å². The first-order chi connectivity index (χ1) is 12.8. The maximum atomic E-state index is 12.3. The Hall–Kier alpha value is -2.81. The first kappa shape index (κ1) is 19.0. The molecule has 0 N–H and O–H groups in total. The molecule has 2 aliphatic rings. The summed E-state index contributed by atoms with van der Waals surface area (Å²) < 4.78 is 24.6. The molecule has 1 heterocycles. The third-order valence-corrected chi connectivity index (χ3v) is 6.32.